The van der Waals surface area contributed by atoms with Gasteiger partial charge < -0.3 is 10.1 Å². The minimum atomic E-state index is -0.171. The lowest BCUT2D eigenvalue weighted by atomic mass is 10.1. The fraction of sp³-hybridized carbons (Fsp3) is 0.500. The highest BCUT2D eigenvalue weighted by Gasteiger charge is 2.22. The topological polar surface area (TPSA) is 92.2 Å². The third kappa shape index (κ3) is 3.65. The van der Waals surface area contributed by atoms with Crippen LogP contribution in [0.3, 0.4) is 0 Å². The van der Waals surface area contributed by atoms with Gasteiger partial charge in [-0.2, -0.15) is 5.10 Å². The Morgan fingerprint density at radius 3 is 3.12 bits per heavy atom. The number of para-hydroxylation sites is 1. The predicted molar refractivity (Wildman–Crippen MR) is 94.9 cm³/mol. The number of ether oxygens (including phenoxy) is 1. The van der Waals surface area contributed by atoms with Crippen LogP contribution in [0.15, 0.2) is 29.1 Å². The molecule has 2 aromatic rings. The van der Waals surface area contributed by atoms with Crippen LogP contribution in [0.4, 0.5) is 0 Å². The zero-order valence-corrected chi connectivity index (χ0v) is 14.6. The monoisotopic (exact) mass is 357 g/mol. The van der Waals surface area contributed by atoms with Gasteiger partial charge in [0.2, 0.25) is 5.91 Å². The molecule has 0 spiro atoms. The maximum Gasteiger partial charge on any atom is 0.343 e. The molecular formula is C18H23N5O3. The van der Waals surface area contributed by atoms with Crippen molar-refractivity contribution in [2.75, 3.05) is 19.7 Å². The Morgan fingerprint density at radius 1 is 1.31 bits per heavy atom. The first-order valence-electron chi connectivity index (χ1n) is 9.05. The van der Waals surface area contributed by atoms with Gasteiger partial charge in [0, 0.05) is 37.7 Å². The molecule has 0 radical (unpaired) electrons. The van der Waals surface area contributed by atoms with Gasteiger partial charge in [0.25, 0.3) is 0 Å². The van der Waals surface area contributed by atoms with E-state index in [4.69, 9.17) is 4.74 Å². The number of aryl methyl sites for hydroxylation is 1. The minimum Gasteiger partial charge on any atom is -0.492 e. The van der Waals surface area contributed by atoms with E-state index in [0.29, 0.717) is 32.7 Å². The molecule has 1 amide bonds. The molecule has 0 saturated heterocycles. The summed E-state index contributed by atoms with van der Waals surface area (Å²) in [4.78, 5) is 26.3. The summed E-state index contributed by atoms with van der Waals surface area (Å²) in [6.45, 7) is 2.94. The van der Waals surface area contributed by atoms with Crippen LogP contribution < -0.4 is 15.7 Å². The van der Waals surface area contributed by atoms with Crippen molar-refractivity contribution >= 4 is 5.91 Å². The highest BCUT2D eigenvalue weighted by molar-refractivity contribution is 5.78. The number of aromatic nitrogens is 3. The van der Waals surface area contributed by atoms with Crippen molar-refractivity contribution in [1.29, 1.82) is 0 Å². The second-order valence-electron chi connectivity index (χ2n) is 6.86. The Hall–Kier alpha value is -2.61. The van der Waals surface area contributed by atoms with Gasteiger partial charge in [0.1, 0.15) is 18.2 Å². The first-order chi connectivity index (χ1) is 12.7. The number of hydrogen-bond donors (Lipinski definition) is 2. The first kappa shape index (κ1) is 16.8. The smallest absolute Gasteiger partial charge is 0.343 e. The van der Waals surface area contributed by atoms with E-state index in [1.54, 1.807) is 4.57 Å². The molecule has 138 valence electrons. The fourth-order valence-corrected chi connectivity index (χ4v) is 3.64. The van der Waals surface area contributed by atoms with Crippen molar-refractivity contribution < 1.29 is 9.53 Å². The number of hydrogen-bond acceptors (Lipinski definition) is 5. The van der Waals surface area contributed by atoms with Gasteiger partial charge in [0.15, 0.2) is 0 Å². The fourth-order valence-electron chi connectivity index (χ4n) is 3.64. The molecule has 2 aliphatic rings. The predicted octanol–water partition coefficient (Wildman–Crippen LogP) is 0.287. The standard InChI is InChI=1S/C18H23N5O3/c24-17(12-22-9-10-26-15-4-2-1-3-13(15)11-22)19-14-5-6-16-20-21-18(25)23(16)8-7-14/h1-4,14H,5-12H2,(H,19,24)(H,21,25). The molecule has 0 saturated carbocycles. The number of benzene rings is 1. The van der Waals surface area contributed by atoms with Gasteiger partial charge in [0.05, 0.1) is 6.54 Å². The number of carbonyl (C=O) groups is 1. The lowest BCUT2D eigenvalue weighted by Gasteiger charge is -2.21. The highest BCUT2D eigenvalue weighted by atomic mass is 16.5. The van der Waals surface area contributed by atoms with Crippen LogP contribution in [0.25, 0.3) is 0 Å². The number of aromatic amines is 1. The molecule has 1 aromatic heterocycles. The summed E-state index contributed by atoms with van der Waals surface area (Å²) >= 11 is 0. The number of fused-ring (bicyclic) bond motifs is 2. The van der Waals surface area contributed by atoms with E-state index in [0.717, 1.165) is 36.5 Å². The normalized spacial score (nSPS) is 20.2. The molecule has 4 rings (SSSR count). The van der Waals surface area contributed by atoms with Gasteiger partial charge in [-0.25, -0.2) is 9.89 Å². The summed E-state index contributed by atoms with van der Waals surface area (Å²) in [6, 6.07) is 8.02. The maximum absolute atomic E-state index is 12.5. The summed E-state index contributed by atoms with van der Waals surface area (Å²) in [7, 11) is 0. The third-order valence-electron chi connectivity index (χ3n) is 5.02. The number of nitrogens with zero attached hydrogens (tertiary/aromatic N) is 3. The zero-order valence-electron chi connectivity index (χ0n) is 14.6. The second-order valence-corrected chi connectivity index (χ2v) is 6.86. The number of rotatable bonds is 3. The number of carbonyl (C=O) groups excluding carboxylic acids is 1. The number of amides is 1. The molecular weight excluding hydrogens is 334 g/mol. The Bertz CT molecular complexity index is 843. The SMILES string of the molecule is O=C(CN1CCOc2ccccc2C1)NC1CCc2n[nH]c(=O)n2CC1. The zero-order chi connectivity index (χ0) is 17.9. The summed E-state index contributed by atoms with van der Waals surface area (Å²) in [5, 5.41) is 9.65. The minimum absolute atomic E-state index is 0.0165. The molecule has 1 atom stereocenters. The Morgan fingerprint density at radius 2 is 2.19 bits per heavy atom. The van der Waals surface area contributed by atoms with E-state index in [1.165, 1.54) is 0 Å². The average Bonchev–Trinajstić information content (AvgIpc) is 2.79. The van der Waals surface area contributed by atoms with Crippen molar-refractivity contribution in [2.45, 2.75) is 38.4 Å². The number of H-pyrrole nitrogens is 1. The Balaban J connectivity index is 1.32. The van der Waals surface area contributed by atoms with Crippen molar-refractivity contribution in [3.63, 3.8) is 0 Å². The van der Waals surface area contributed by atoms with Crippen LogP contribution in [-0.4, -0.2) is 51.3 Å². The maximum atomic E-state index is 12.5. The van der Waals surface area contributed by atoms with E-state index < -0.39 is 0 Å². The van der Waals surface area contributed by atoms with Gasteiger partial charge in [-0.15, -0.1) is 0 Å². The van der Waals surface area contributed by atoms with E-state index in [-0.39, 0.29) is 17.6 Å². The molecule has 3 heterocycles. The molecule has 1 unspecified atom stereocenters. The molecule has 2 aliphatic heterocycles. The van der Waals surface area contributed by atoms with Gasteiger partial charge in [-0.1, -0.05) is 18.2 Å². The third-order valence-corrected chi connectivity index (χ3v) is 5.02. The quantitative estimate of drug-likeness (QED) is 0.824. The van der Waals surface area contributed by atoms with E-state index in [9.17, 15) is 9.59 Å². The van der Waals surface area contributed by atoms with Crippen LogP contribution in [0.1, 0.15) is 24.2 Å². The van der Waals surface area contributed by atoms with Crippen LogP contribution in [0, 0.1) is 0 Å². The molecule has 26 heavy (non-hydrogen) atoms. The van der Waals surface area contributed by atoms with Gasteiger partial charge in [-0.3, -0.25) is 14.3 Å². The first-order valence-corrected chi connectivity index (χ1v) is 9.05. The van der Waals surface area contributed by atoms with Crippen molar-refractivity contribution in [3.8, 4) is 5.75 Å². The van der Waals surface area contributed by atoms with E-state index >= 15 is 0 Å². The lowest BCUT2D eigenvalue weighted by molar-refractivity contribution is -0.123. The molecule has 0 fully saturated rings. The Labute approximate surface area is 151 Å². The summed E-state index contributed by atoms with van der Waals surface area (Å²) in [5.74, 6) is 1.69. The number of nitrogens with one attached hydrogen (secondary N) is 2. The second kappa shape index (κ2) is 7.33. The van der Waals surface area contributed by atoms with Crippen LogP contribution in [0.2, 0.25) is 0 Å². The van der Waals surface area contributed by atoms with Crippen molar-refractivity contribution in [2.24, 2.45) is 0 Å². The summed E-state index contributed by atoms with van der Waals surface area (Å²) < 4.78 is 7.41. The average molecular weight is 357 g/mol. The summed E-state index contributed by atoms with van der Waals surface area (Å²) in [6.07, 6.45) is 2.22. The van der Waals surface area contributed by atoms with Gasteiger partial charge in [-0.05, 0) is 18.9 Å². The molecule has 8 nitrogen and oxygen atoms in total. The Kier molecular flexibility index (Phi) is 4.75. The van der Waals surface area contributed by atoms with E-state index in [1.807, 2.05) is 24.3 Å². The highest BCUT2D eigenvalue weighted by Crippen LogP contribution is 2.22. The van der Waals surface area contributed by atoms with Gasteiger partial charge >= 0.3 is 5.69 Å². The lowest BCUT2D eigenvalue weighted by Crippen LogP contribution is -2.42. The molecule has 1 aromatic carbocycles. The molecule has 0 aliphatic carbocycles. The van der Waals surface area contributed by atoms with Crippen molar-refractivity contribution in [3.05, 3.63) is 46.1 Å². The molecule has 8 heteroatoms. The molecule has 2 N–H and O–H groups in total. The largest absolute Gasteiger partial charge is 0.492 e. The molecule has 0 bridgehead atoms. The summed E-state index contributed by atoms with van der Waals surface area (Å²) in [5.41, 5.74) is 0.937. The van der Waals surface area contributed by atoms with Crippen molar-refractivity contribution in [1.82, 2.24) is 25.0 Å². The van der Waals surface area contributed by atoms with Crippen LogP contribution in [-0.2, 0) is 24.3 Å². The van der Waals surface area contributed by atoms with Crippen LogP contribution in [0.5, 0.6) is 5.75 Å². The van der Waals surface area contributed by atoms with E-state index in [2.05, 4.69) is 20.4 Å². The van der Waals surface area contributed by atoms with Crippen LogP contribution >= 0.6 is 0 Å².